The summed E-state index contributed by atoms with van der Waals surface area (Å²) in [7, 11) is 0. The van der Waals surface area contributed by atoms with Gasteiger partial charge in [-0.1, -0.05) is 37.1 Å². The monoisotopic (exact) mass is 273 g/mol. The second kappa shape index (κ2) is 6.70. The van der Waals surface area contributed by atoms with Crippen molar-refractivity contribution in [2.24, 2.45) is 5.73 Å². The van der Waals surface area contributed by atoms with E-state index in [1.807, 2.05) is 0 Å². The summed E-state index contributed by atoms with van der Waals surface area (Å²) >= 11 is 0. The minimum absolute atomic E-state index is 0.642. The predicted octanol–water partition coefficient (Wildman–Crippen LogP) is 2.21. The van der Waals surface area contributed by atoms with Crippen molar-refractivity contribution in [3.05, 3.63) is 35.4 Å². The van der Waals surface area contributed by atoms with Gasteiger partial charge in [0.15, 0.2) is 0 Å². The standard InChI is InChI=1S/C17H27N3/c18-13-15-4-3-5-16(12-15)14-19-8-10-20(11-9-19)17-6-1-2-7-17/h3-5,12,17H,1-2,6-11,13-14,18H2. The minimum Gasteiger partial charge on any atom is -0.326 e. The molecule has 0 bridgehead atoms. The van der Waals surface area contributed by atoms with E-state index in [9.17, 15) is 0 Å². The van der Waals surface area contributed by atoms with Gasteiger partial charge in [-0.2, -0.15) is 0 Å². The van der Waals surface area contributed by atoms with Crippen LogP contribution in [-0.4, -0.2) is 42.0 Å². The maximum atomic E-state index is 5.72. The molecule has 1 aromatic rings. The molecule has 0 unspecified atom stereocenters. The first-order chi connectivity index (χ1) is 9.85. The van der Waals surface area contributed by atoms with E-state index in [0.29, 0.717) is 6.54 Å². The summed E-state index contributed by atoms with van der Waals surface area (Å²) in [5.41, 5.74) is 8.37. The van der Waals surface area contributed by atoms with Crippen molar-refractivity contribution in [3.8, 4) is 0 Å². The Morgan fingerprint density at radius 3 is 2.40 bits per heavy atom. The van der Waals surface area contributed by atoms with Crippen molar-refractivity contribution in [1.29, 1.82) is 0 Å². The summed E-state index contributed by atoms with van der Waals surface area (Å²) in [5.74, 6) is 0. The summed E-state index contributed by atoms with van der Waals surface area (Å²) in [4.78, 5) is 5.31. The maximum absolute atomic E-state index is 5.72. The van der Waals surface area contributed by atoms with Crippen molar-refractivity contribution in [2.45, 2.75) is 44.8 Å². The van der Waals surface area contributed by atoms with Gasteiger partial charge in [0.05, 0.1) is 0 Å². The fourth-order valence-electron chi connectivity index (χ4n) is 3.67. The van der Waals surface area contributed by atoms with E-state index >= 15 is 0 Å². The van der Waals surface area contributed by atoms with E-state index < -0.39 is 0 Å². The first-order valence-electron chi connectivity index (χ1n) is 8.09. The summed E-state index contributed by atoms with van der Waals surface area (Å²) in [6, 6.07) is 9.61. The van der Waals surface area contributed by atoms with Crippen LogP contribution in [0.2, 0.25) is 0 Å². The molecule has 110 valence electrons. The Bertz CT molecular complexity index is 418. The largest absolute Gasteiger partial charge is 0.326 e. The molecule has 0 spiro atoms. The van der Waals surface area contributed by atoms with Crippen LogP contribution < -0.4 is 5.73 Å². The topological polar surface area (TPSA) is 32.5 Å². The number of nitrogens with two attached hydrogens (primary N) is 1. The van der Waals surface area contributed by atoms with E-state index in [-0.39, 0.29) is 0 Å². The summed E-state index contributed by atoms with van der Waals surface area (Å²) in [6.45, 7) is 6.64. The zero-order valence-corrected chi connectivity index (χ0v) is 12.4. The molecule has 1 saturated heterocycles. The lowest BCUT2D eigenvalue weighted by atomic mass is 10.1. The van der Waals surface area contributed by atoms with Gasteiger partial charge in [0.25, 0.3) is 0 Å². The number of hydrogen-bond donors (Lipinski definition) is 1. The third-order valence-electron chi connectivity index (χ3n) is 4.88. The second-order valence-corrected chi connectivity index (χ2v) is 6.27. The Morgan fingerprint density at radius 2 is 1.70 bits per heavy atom. The molecule has 20 heavy (non-hydrogen) atoms. The Hall–Kier alpha value is -0.900. The molecule has 1 aliphatic carbocycles. The van der Waals surface area contributed by atoms with Gasteiger partial charge in [-0.3, -0.25) is 9.80 Å². The van der Waals surface area contributed by atoms with Gasteiger partial charge in [0, 0.05) is 45.3 Å². The first-order valence-corrected chi connectivity index (χ1v) is 8.09. The van der Waals surface area contributed by atoms with Crippen LogP contribution in [0.3, 0.4) is 0 Å². The van der Waals surface area contributed by atoms with Crippen molar-refractivity contribution in [1.82, 2.24) is 9.80 Å². The Morgan fingerprint density at radius 1 is 1.00 bits per heavy atom. The molecule has 3 heteroatoms. The molecular weight excluding hydrogens is 246 g/mol. The molecule has 0 amide bonds. The third kappa shape index (κ3) is 3.40. The van der Waals surface area contributed by atoms with Gasteiger partial charge >= 0.3 is 0 Å². The van der Waals surface area contributed by atoms with Crippen LogP contribution in [0.5, 0.6) is 0 Å². The molecule has 3 nitrogen and oxygen atoms in total. The molecule has 0 aromatic heterocycles. The normalized spacial score (nSPS) is 22.4. The lowest BCUT2D eigenvalue weighted by molar-refractivity contribution is 0.0937. The fourth-order valence-corrected chi connectivity index (χ4v) is 3.67. The van der Waals surface area contributed by atoms with Gasteiger partial charge in [-0.15, -0.1) is 0 Å². The molecule has 1 heterocycles. The molecule has 3 rings (SSSR count). The van der Waals surface area contributed by atoms with E-state index in [1.165, 1.54) is 63.0 Å². The summed E-state index contributed by atoms with van der Waals surface area (Å²) in [6.07, 6.45) is 5.74. The molecule has 2 fully saturated rings. The molecule has 1 saturated carbocycles. The van der Waals surface area contributed by atoms with Crippen molar-refractivity contribution in [3.63, 3.8) is 0 Å². The van der Waals surface area contributed by atoms with Crippen LogP contribution in [0, 0.1) is 0 Å². The van der Waals surface area contributed by atoms with E-state index in [4.69, 9.17) is 5.73 Å². The molecular formula is C17H27N3. The lowest BCUT2D eigenvalue weighted by Gasteiger charge is -2.38. The van der Waals surface area contributed by atoms with Gasteiger partial charge in [0.2, 0.25) is 0 Å². The summed E-state index contributed by atoms with van der Waals surface area (Å²) in [5, 5.41) is 0. The highest BCUT2D eigenvalue weighted by atomic mass is 15.3. The van der Waals surface area contributed by atoms with Crippen LogP contribution >= 0.6 is 0 Å². The minimum atomic E-state index is 0.642. The number of benzene rings is 1. The summed E-state index contributed by atoms with van der Waals surface area (Å²) < 4.78 is 0. The number of nitrogens with zero attached hydrogens (tertiary/aromatic N) is 2. The predicted molar refractivity (Wildman–Crippen MR) is 83.4 cm³/mol. The Labute approximate surface area is 122 Å². The molecule has 1 aliphatic heterocycles. The fraction of sp³-hybridized carbons (Fsp3) is 0.647. The smallest absolute Gasteiger partial charge is 0.0234 e. The lowest BCUT2D eigenvalue weighted by Crippen LogP contribution is -2.49. The van der Waals surface area contributed by atoms with Crippen LogP contribution in [0.1, 0.15) is 36.8 Å². The zero-order valence-electron chi connectivity index (χ0n) is 12.4. The molecule has 2 N–H and O–H groups in total. The van der Waals surface area contributed by atoms with Gasteiger partial charge < -0.3 is 5.73 Å². The van der Waals surface area contributed by atoms with Crippen molar-refractivity contribution >= 4 is 0 Å². The maximum Gasteiger partial charge on any atom is 0.0234 e. The van der Waals surface area contributed by atoms with E-state index in [0.717, 1.165) is 12.6 Å². The van der Waals surface area contributed by atoms with Crippen LogP contribution in [-0.2, 0) is 13.1 Å². The molecule has 0 radical (unpaired) electrons. The Balaban J connectivity index is 1.50. The Kier molecular flexibility index (Phi) is 4.71. The molecule has 1 aromatic carbocycles. The SMILES string of the molecule is NCc1cccc(CN2CCN(C3CCCC3)CC2)c1. The van der Waals surface area contributed by atoms with Crippen molar-refractivity contribution in [2.75, 3.05) is 26.2 Å². The van der Waals surface area contributed by atoms with Gasteiger partial charge in [-0.05, 0) is 24.0 Å². The van der Waals surface area contributed by atoms with Gasteiger partial charge in [-0.25, -0.2) is 0 Å². The van der Waals surface area contributed by atoms with Crippen LogP contribution in [0.25, 0.3) is 0 Å². The third-order valence-corrected chi connectivity index (χ3v) is 4.88. The second-order valence-electron chi connectivity index (χ2n) is 6.27. The highest BCUT2D eigenvalue weighted by Gasteiger charge is 2.25. The molecule has 2 aliphatic rings. The highest BCUT2D eigenvalue weighted by Crippen LogP contribution is 2.24. The number of hydrogen-bond acceptors (Lipinski definition) is 3. The van der Waals surface area contributed by atoms with E-state index in [1.54, 1.807) is 0 Å². The first kappa shape index (κ1) is 14.1. The molecule has 0 atom stereocenters. The van der Waals surface area contributed by atoms with Crippen LogP contribution in [0.4, 0.5) is 0 Å². The average Bonchev–Trinajstić information content (AvgIpc) is 3.02. The zero-order chi connectivity index (χ0) is 13.8. The number of rotatable bonds is 4. The average molecular weight is 273 g/mol. The van der Waals surface area contributed by atoms with Crippen molar-refractivity contribution < 1.29 is 0 Å². The quantitative estimate of drug-likeness (QED) is 0.913. The van der Waals surface area contributed by atoms with E-state index in [2.05, 4.69) is 34.1 Å². The number of piperazine rings is 1. The highest BCUT2D eigenvalue weighted by molar-refractivity contribution is 5.23. The van der Waals surface area contributed by atoms with Crippen LogP contribution in [0.15, 0.2) is 24.3 Å². The van der Waals surface area contributed by atoms with Gasteiger partial charge in [0.1, 0.15) is 0 Å².